The van der Waals surface area contributed by atoms with E-state index in [0.717, 1.165) is 13.0 Å². The number of β-amino-alcohol motifs (C(OH)–C–C–N with tert-alkyl or cyclic N) is 1. The maximum absolute atomic E-state index is 11.7. The highest BCUT2D eigenvalue weighted by Gasteiger charge is 2.25. The minimum atomic E-state index is -0.397. The summed E-state index contributed by atoms with van der Waals surface area (Å²) in [5.41, 5.74) is 0. The van der Waals surface area contributed by atoms with Gasteiger partial charge < -0.3 is 21.1 Å². The van der Waals surface area contributed by atoms with Crippen LogP contribution < -0.4 is 16.0 Å². The minimum absolute atomic E-state index is 0. The zero-order valence-electron chi connectivity index (χ0n) is 13.0. The molecule has 2 atom stereocenters. The Bertz CT molecular complexity index is 362. The van der Waals surface area contributed by atoms with Gasteiger partial charge in [-0.15, -0.1) is 12.4 Å². The van der Waals surface area contributed by atoms with E-state index in [-0.39, 0.29) is 36.7 Å². The SMILES string of the molecule is Cl.O=C(CCC1CCCC1)NCC(=O)NCC1CNCC1O. The van der Waals surface area contributed by atoms with E-state index in [2.05, 4.69) is 16.0 Å². The topological polar surface area (TPSA) is 90.5 Å². The average Bonchev–Trinajstić information content (AvgIpc) is 3.12. The Balaban J connectivity index is 0.00000242. The van der Waals surface area contributed by atoms with Crippen LogP contribution in [0.5, 0.6) is 0 Å². The molecule has 0 aromatic heterocycles. The number of halogens is 1. The molecule has 2 amide bonds. The van der Waals surface area contributed by atoms with E-state index >= 15 is 0 Å². The minimum Gasteiger partial charge on any atom is -0.391 e. The van der Waals surface area contributed by atoms with Gasteiger partial charge in [-0.2, -0.15) is 0 Å². The number of carbonyl (C=O) groups is 2. The van der Waals surface area contributed by atoms with Gasteiger partial charge in [-0.25, -0.2) is 0 Å². The van der Waals surface area contributed by atoms with Crippen LogP contribution in [0.2, 0.25) is 0 Å². The van der Waals surface area contributed by atoms with Gasteiger partial charge in [0, 0.05) is 32.0 Å². The van der Waals surface area contributed by atoms with Gasteiger partial charge in [0.05, 0.1) is 12.6 Å². The van der Waals surface area contributed by atoms with Crippen molar-refractivity contribution < 1.29 is 14.7 Å². The first-order chi connectivity index (χ1) is 10.1. The van der Waals surface area contributed by atoms with Crippen LogP contribution in [0.15, 0.2) is 0 Å². The summed E-state index contributed by atoms with van der Waals surface area (Å²) in [6.45, 7) is 1.78. The second-order valence-electron chi connectivity index (χ2n) is 6.26. The quantitative estimate of drug-likeness (QED) is 0.535. The van der Waals surface area contributed by atoms with Crippen molar-refractivity contribution in [3.05, 3.63) is 0 Å². The summed E-state index contributed by atoms with van der Waals surface area (Å²) in [7, 11) is 0. The molecule has 1 aliphatic carbocycles. The van der Waals surface area contributed by atoms with Crippen LogP contribution in [-0.4, -0.2) is 49.2 Å². The number of aliphatic hydroxyl groups excluding tert-OH is 1. The van der Waals surface area contributed by atoms with Gasteiger partial charge in [-0.05, 0) is 12.3 Å². The smallest absolute Gasteiger partial charge is 0.239 e. The van der Waals surface area contributed by atoms with Crippen LogP contribution in [0.25, 0.3) is 0 Å². The van der Waals surface area contributed by atoms with E-state index in [1.165, 1.54) is 25.7 Å². The molecule has 4 N–H and O–H groups in total. The van der Waals surface area contributed by atoms with E-state index in [4.69, 9.17) is 0 Å². The summed E-state index contributed by atoms with van der Waals surface area (Å²) in [5, 5.41) is 18.1. The monoisotopic (exact) mass is 333 g/mol. The maximum atomic E-state index is 11.7. The summed E-state index contributed by atoms with van der Waals surface area (Å²) in [4.78, 5) is 23.3. The normalized spacial score (nSPS) is 24.8. The fourth-order valence-electron chi connectivity index (χ4n) is 3.14. The van der Waals surface area contributed by atoms with Crippen LogP contribution in [0, 0.1) is 11.8 Å². The zero-order valence-corrected chi connectivity index (χ0v) is 13.8. The number of rotatable bonds is 7. The van der Waals surface area contributed by atoms with Crippen molar-refractivity contribution >= 4 is 24.2 Å². The zero-order chi connectivity index (χ0) is 15.1. The molecule has 2 unspecified atom stereocenters. The van der Waals surface area contributed by atoms with Gasteiger partial charge in [0.2, 0.25) is 11.8 Å². The molecule has 1 saturated heterocycles. The third-order valence-corrected chi connectivity index (χ3v) is 4.57. The average molecular weight is 334 g/mol. The Morgan fingerprint density at radius 2 is 1.82 bits per heavy atom. The lowest BCUT2D eigenvalue weighted by molar-refractivity contribution is -0.126. The van der Waals surface area contributed by atoms with Gasteiger partial charge in [0.15, 0.2) is 0 Å². The molecular weight excluding hydrogens is 306 g/mol. The number of amides is 2. The van der Waals surface area contributed by atoms with Crippen molar-refractivity contribution in [3.63, 3.8) is 0 Å². The van der Waals surface area contributed by atoms with Gasteiger partial charge in [0.25, 0.3) is 0 Å². The van der Waals surface area contributed by atoms with Crippen molar-refractivity contribution in [2.75, 3.05) is 26.2 Å². The molecule has 1 saturated carbocycles. The van der Waals surface area contributed by atoms with Crippen molar-refractivity contribution in [2.45, 2.75) is 44.6 Å². The molecule has 1 heterocycles. The van der Waals surface area contributed by atoms with Crippen LogP contribution in [0.3, 0.4) is 0 Å². The number of hydrogen-bond acceptors (Lipinski definition) is 4. The molecule has 0 bridgehead atoms. The molecule has 2 aliphatic rings. The van der Waals surface area contributed by atoms with Crippen LogP contribution in [0.4, 0.5) is 0 Å². The largest absolute Gasteiger partial charge is 0.391 e. The molecule has 0 radical (unpaired) electrons. The predicted octanol–water partition coefficient (Wildman–Crippen LogP) is 0.191. The number of carbonyl (C=O) groups excluding carboxylic acids is 2. The lowest BCUT2D eigenvalue weighted by Gasteiger charge is -2.14. The Hall–Kier alpha value is -0.850. The molecule has 7 heteroatoms. The first-order valence-electron chi connectivity index (χ1n) is 8.07. The summed E-state index contributed by atoms with van der Waals surface area (Å²) in [5.74, 6) is 0.524. The lowest BCUT2D eigenvalue weighted by atomic mass is 10.0. The van der Waals surface area contributed by atoms with Crippen molar-refractivity contribution in [1.82, 2.24) is 16.0 Å². The highest BCUT2D eigenvalue weighted by Crippen LogP contribution is 2.28. The van der Waals surface area contributed by atoms with Crippen molar-refractivity contribution in [1.29, 1.82) is 0 Å². The highest BCUT2D eigenvalue weighted by molar-refractivity contribution is 5.85. The highest BCUT2D eigenvalue weighted by atomic mass is 35.5. The Kier molecular flexibility index (Phi) is 8.75. The lowest BCUT2D eigenvalue weighted by Crippen LogP contribution is -2.40. The second kappa shape index (κ2) is 10.0. The summed E-state index contributed by atoms with van der Waals surface area (Å²) in [6, 6.07) is 0. The van der Waals surface area contributed by atoms with E-state index in [0.29, 0.717) is 25.4 Å². The van der Waals surface area contributed by atoms with Crippen LogP contribution >= 0.6 is 12.4 Å². The van der Waals surface area contributed by atoms with E-state index in [1.807, 2.05) is 0 Å². The van der Waals surface area contributed by atoms with Crippen molar-refractivity contribution in [2.24, 2.45) is 11.8 Å². The molecule has 1 aliphatic heterocycles. The fourth-order valence-corrected chi connectivity index (χ4v) is 3.14. The van der Waals surface area contributed by atoms with E-state index in [1.54, 1.807) is 0 Å². The maximum Gasteiger partial charge on any atom is 0.239 e. The Morgan fingerprint density at radius 1 is 1.09 bits per heavy atom. The summed E-state index contributed by atoms with van der Waals surface area (Å²) in [6.07, 6.45) is 6.12. The van der Waals surface area contributed by atoms with Gasteiger partial charge in [-0.1, -0.05) is 25.7 Å². The summed E-state index contributed by atoms with van der Waals surface area (Å²) < 4.78 is 0. The van der Waals surface area contributed by atoms with E-state index in [9.17, 15) is 14.7 Å². The predicted molar refractivity (Wildman–Crippen MR) is 86.8 cm³/mol. The van der Waals surface area contributed by atoms with Gasteiger partial charge in [-0.3, -0.25) is 9.59 Å². The fraction of sp³-hybridized carbons (Fsp3) is 0.867. The molecule has 6 nitrogen and oxygen atoms in total. The van der Waals surface area contributed by atoms with Crippen molar-refractivity contribution in [3.8, 4) is 0 Å². The number of hydrogen-bond donors (Lipinski definition) is 4. The third kappa shape index (κ3) is 6.50. The molecule has 0 aromatic carbocycles. The number of aliphatic hydroxyl groups is 1. The molecule has 2 rings (SSSR count). The molecule has 0 spiro atoms. The van der Waals surface area contributed by atoms with E-state index < -0.39 is 6.10 Å². The van der Waals surface area contributed by atoms with Crippen LogP contribution in [0.1, 0.15) is 38.5 Å². The third-order valence-electron chi connectivity index (χ3n) is 4.57. The first-order valence-corrected chi connectivity index (χ1v) is 8.07. The molecular formula is C15H28ClN3O3. The number of nitrogens with one attached hydrogen (secondary N) is 3. The Labute approximate surface area is 138 Å². The molecule has 0 aromatic rings. The molecule has 2 fully saturated rings. The molecule has 128 valence electrons. The summed E-state index contributed by atoms with van der Waals surface area (Å²) >= 11 is 0. The Morgan fingerprint density at radius 3 is 2.45 bits per heavy atom. The van der Waals surface area contributed by atoms with Crippen LogP contribution in [-0.2, 0) is 9.59 Å². The van der Waals surface area contributed by atoms with Gasteiger partial charge >= 0.3 is 0 Å². The molecule has 22 heavy (non-hydrogen) atoms. The van der Waals surface area contributed by atoms with Gasteiger partial charge in [0.1, 0.15) is 0 Å². The standard InChI is InChI=1S/C15H27N3O3.ClH/c19-13-9-16-7-12(13)8-17-15(21)10-18-14(20)6-5-11-3-1-2-4-11;/h11-13,16,19H,1-10H2,(H,17,21)(H,18,20);1H. The first kappa shape index (κ1) is 19.2. The second-order valence-corrected chi connectivity index (χ2v) is 6.26.